The Bertz CT molecular complexity index is 1020. The monoisotopic (exact) mass is 352 g/mol. The SMILES string of the molecule is Cc1ccc(F)cc1NC(=O)Cn1c(C)nc(-c2ccccn2)cc1=O. The van der Waals surface area contributed by atoms with Gasteiger partial charge in [0, 0.05) is 18.0 Å². The van der Waals surface area contributed by atoms with Crippen LogP contribution in [0.5, 0.6) is 0 Å². The summed E-state index contributed by atoms with van der Waals surface area (Å²) in [5.41, 5.74) is 1.78. The van der Waals surface area contributed by atoms with Gasteiger partial charge in [-0.2, -0.15) is 0 Å². The predicted molar refractivity (Wildman–Crippen MR) is 96.2 cm³/mol. The van der Waals surface area contributed by atoms with Crippen LogP contribution in [-0.2, 0) is 11.3 Å². The molecule has 0 saturated carbocycles. The molecule has 0 atom stereocenters. The van der Waals surface area contributed by atoms with Crippen LogP contribution in [0.25, 0.3) is 11.4 Å². The highest BCUT2D eigenvalue weighted by atomic mass is 19.1. The lowest BCUT2D eigenvalue weighted by Gasteiger charge is -2.12. The number of halogens is 1. The summed E-state index contributed by atoms with van der Waals surface area (Å²) in [5, 5.41) is 2.62. The van der Waals surface area contributed by atoms with Gasteiger partial charge in [-0.25, -0.2) is 9.37 Å². The van der Waals surface area contributed by atoms with Crippen molar-refractivity contribution in [1.82, 2.24) is 14.5 Å². The van der Waals surface area contributed by atoms with E-state index < -0.39 is 11.7 Å². The average Bonchev–Trinajstić information content (AvgIpc) is 2.62. The lowest BCUT2D eigenvalue weighted by atomic mass is 10.2. The maximum absolute atomic E-state index is 13.3. The quantitative estimate of drug-likeness (QED) is 0.783. The minimum atomic E-state index is -0.444. The minimum Gasteiger partial charge on any atom is -0.324 e. The van der Waals surface area contributed by atoms with Gasteiger partial charge in [-0.3, -0.25) is 19.1 Å². The first-order valence-electron chi connectivity index (χ1n) is 8.00. The molecule has 6 nitrogen and oxygen atoms in total. The molecule has 7 heteroatoms. The van der Waals surface area contributed by atoms with Crippen LogP contribution in [0, 0.1) is 19.7 Å². The van der Waals surface area contributed by atoms with E-state index in [4.69, 9.17) is 0 Å². The van der Waals surface area contributed by atoms with Gasteiger partial charge in [-0.05, 0) is 43.7 Å². The third-order valence-electron chi connectivity index (χ3n) is 3.90. The van der Waals surface area contributed by atoms with Crippen LogP contribution in [0.1, 0.15) is 11.4 Å². The Balaban J connectivity index is 1.83. The molecule has 0 aliphatic heterocycles. The van der Waals surface area contributed by atoms with Crippen molar-refractivity contribution in [2.45, 2.75) is 20.4 Å². The number of hydrogen-bond donors (Lipinski definition) is 1. The average molecular weight is 352 g/mol. The Labute approximate surface area is 149 Å². The van der Waals surface area contributed by atoms with Gasteiger partial charge in [0.2, 0.25) is 5.91 Å². The number of pyridine rings is 1. The molecule has 3 rings (SSSR count). The van der Waals surface area contributed by atoms with E-state index in [-0.39, 0.29) is 12.1 Å². The van der Waals surface area contributed by atoms with E-state index in [9.17, 15) is 14.0 Å². The second kappa shape index (κ2) is 7.26. The number of carbonyl (C=O) groups excluding carboxylic acids is 1. The van der Waals surface area contributed by atoms with Gasteiger partial charge in [-0.1, -0.05) is 12.1 Å². The zero-order valence-corrected chi connectivity index (χ0v) is 14.4. The summed E-state index contributed by atoms with van der Waals surface area (Å²) in [5.74, 6) is -0.485. The largest absolute Gasteiger partial charge is 0.324 e. The highest BCUT2D eigenvalue weighted by molar-refractivity contribution is 5.91. The number of nitrogens with zero attached hydrogens (tertiary/aromatic N) is 3. The van der Waals surface area contributed by atoms with Gasteiger partial charge in [-0.15, -0.1) is 0 Å². The van der Waals surface area contributed by atoms with Gasteiger partial charge < -0.3 is 5.32 Å². The molecule has 0 spiro atoms. The van der Waals surface area contributed by atoms with Crippen molar-refractivity contribution in [3.8, 4) is 11.4 Å². The number of benzene rings is 1. The first kappa shape index (κ1) is 17.5. The molecule has 1 amide bonds. The third-order valence-corrected chi connectivity index (χ3v) is 3.90. The van der Waals surface area contributed by atoms with E-state index >= 15 is 0 Å². The van der Waals surface area contributed by atoms with E-state index in [0.29, 0.717) is 22.9 Å². The number of aromatic nitrogens is 3. The summed E-state index contributed by atoms with van der Waals surface area (Å²) in [6.07, 6.45) is 1.62. The second-order valence-electron chi connectivity index (χ2n) is 5.84. The van der Waals surface area contributed by atoms with E-state index in [1.807, 2.05) is 0 Å². The van der Waals surface area contributed by atoms with Gasteiger partial charge in [0.1, 0.15) is 18.2 Å². The molecular weight excluding hydrogens is 335 g/mol. The van der Waals surface area contributed by atoms with Gasteiger partial charge in [0.15, 0.2) is 0 Å². The van der Waals surface area contributed by atoms with E-state index in [1.54, 1.807) is 44.3 Å². The van der Waals surface area contributed by atoms with Crippen molar-refractivity contribution in [2.24, 2.45) is 0 Å². The van der Waals surface area contributed by atoms with Gasteiger partial charge in [0.25, 0.3) is 5.56 Å². The van der Waals surface area contributed by atoms with Crippen molar-refractivity contribution < 1.29 is 9.18 Å². The number of aryl methyl sites for hydroxylation is 2. The zero-order valence-electron chi connectivity index (χ0n) is 14.4. The van der Waals surface area contributed by atoms with Gasteiger partial charge >= 0.3 is 0 Å². The van der Waals surface area contributed by atoms with Crippen LogP contribution in [0.2, 0.25) is 0 Å². The van der Waals surface area contributed by atoms with Crippen LogP contribution >= 0.6 is 0 Å². The minimum absolute atomic E-state index is 0.212. The zero-order chi connectivity index (χ0) is 18.7. The molecule has 3 aromatic rings. The fraction of sp³-hybridized carbons (Fsp3) is 0.158. The smallest absolute Gasteiger partial charge is 0.254 e. The van der Waals surface area contributed by atoms with Crippen LogP contribution in [0.3, 0.4) is 0 Å². The number of hydrogen-bond acceptors (Lipinski definition) is 4. The Morgan fingerprint density at radius 3 is 2.65 bits per heavy atom. The Morgan fingerprint density at radius 2 is 1.96 bits per heavy atom. The standard InChI is InChI=1S/C19H17FN4O2/c1-12-6-7-14(20)9-16(12)23-18(25)11-24-13(2)22-17(10-19(24)26)15-5-3-4-8-21-15/h3-10H,11H2,1-2H3,(H,23,25). The fourth-order valence-corrected chi connectivity index (χ4v) is 2.52. The molecule has 132 valence electrons. The number of carbonyl (C=O) groups is 1. The Morgan fingerprint density at radius 1 is 1.15 bits per heavy atom. The molecule has 26 heavy (non-hydrogen) atoms. The molecule has 0 bridgehead atoms. The molecule has 2 aromatic heterocycles. The van der Waals surface area contributed by atoms with Crippen LogP contribution < -0.4 is 10.9 Å². The maximum atomic E-state index is 13.3. The van der Waals surface area contributed by atoms with Crippen LogP contribution in [-0.4, -0.2) is 20.4 Å². The topological polar surface area (TPSA) is 76.9 Å². The molecule has 1 aromatic carbocycles. The predicted octanol–water partition coefficient (Wildman–Crippen LogP) is 2.70. The third kappa shape index (κ3) is 3.83. The Hall–Kier alpha value is -3.35. The van der Waals surface area contributed by atoms with Crippen molar-refractivity contribution in [3.63, 3.8) is 0 Å². The maximum Gasteiger partial charge on any atom is 0.254 e. The number of anilines is 1. The van der Waals surface area contributed by atoms with Crippen molar-refractivity contribution in [1.29, 1.82) is 0 Å². The van der Waals surface area contributed by atoms with E-state index in [1.165, 1.54) is 22.8 Å². The second-order valence-corrected chi connectivity index (χ2v) is 5.84. The van der Waals surface area contributed by atoms with Crippen LogP contribution in [0.4, 0.5) is 10.1 Å². The van der Waals surface area contributed by atoms with Crippen LogP contribution in [0.15, 0.2) is 53.5 Å². The van der Waals surface area contributed by atoms with E-state index in [0.717, 1.165) is 5.56 Å². The van der Waals surface area contributed by atoms with Crippen molar-refractivity contribution >= 4 is 11.6 Å². The lowest BCUT2D eigenvalue weighted by Crippen LogP contribution is -2.30. The molecule has 0 aliphatic carbocycles. The normalized spacial score (nSPS) is 10.6. The lowest BCUT2D eigenvalue weighted by molar-refractivity contribution is -0.116. The summed E-state index contributed by atoms with van der Waals surface area (Å²) < 4.78 is 14.6. The molecule has 0 fully saturated rings. The first-order valence-corrected chi connectivity index (χ1v) is 8.00. The molecule has 0 unspecified atom stereocenters. The summed E-state index contributed by atoms with van der Waals surface area (Å²) in [6.45, 7) is 3.19. The first-order chi connectivity index (χ1) is 12.4. The number of amides is 1. The summed E-state index contributed by atoms with van der Waals surface area (Å²) in [4.78, 5) is 33.2. The molecule has 2 heterocycles. The number of nitrogens with one attached hydrogen (secondary N) is 1. The molecule has 0 saturated heterocycles. The summed E-state index contributed by atoms with van der Waals surface area (Å²) >= 11 is 0. The fourth-order valence-electron chi connectivity index (χ4n) is 2.52. The van der Waals surface area contributed by atoms with Crippen molar-refractivity contribution in [3.05, 3.63) is 76.2 Å². The van der Waals surface area contributed by atoms with Gasteiger partial charge in [0.05, 0.1) is 11.4 Å². The summed E-state index contributed by atoms with van der Waals surface area (Å²) in [7, 11) is 0. The highest BCUT2D eigenvalue weighted by Gasteiger charge is 2.12. The summed E-state index contributed by atoms with van der Waals surface area (Å²) in [6, 6.07) is 10.8. The molecule has 0 radical (unpaired) electrons. The Kier molecular flexibility index (Phi) is 4.88. The number of rotatable bonds is 4. The molecule has 1 N–H and O–H groups in total. The van der Waals surface area contributed by atoms with E-state index in [2.05, 4.69) is 15.3 Å². The molecular formula is C19H17FN4O2. The van der Waals surface area contributed by atoms with Crippen molar-refractivity contribution in [2.75, 3.05) is 5.32 Å². The highest BCUT2D eigenvalue weighted by Crippen LogP contribution is 2.16. The molecule has 0 aliphatic rings.